The van der Waals surface area contributed by atoms with Gasteiger partial charge in [-0.2, -0.15) is 0 Å². The summed E-state index contributed by atoms with van der Waals surface area (Å²) < 4.78 is 5.67. The van der Waals surface area contributed by atoms with E-state index in [1.54, 1.807) is 0 Å². The zero-order valence-corrected chi connectivity index (χ0v) is 24.5. The molecular formula is C36H38N4O3. The van der Waals surface area contributed by atoms with Gasteiger partial charge in [-0.1, -0.05) is 91.0 Å². The first-order valence-corrected chi connectivity index (χ1v) is 15.2. The van der Waals surface area contributed by atoms with Crippen LogP contribution in [-0.2, 0) is 16.1 Å². The van der Waals surface area contributed by atoms with Gasteiger partial charge in [-0.25, -0.2) is 4.98 Å². The van der Waals surface area contributed by atoms with E-state index in [9.17, 15) is 9.59 Å². The van der Waals surface area contributed by atoms with Crippen molar-refractivity contribution in [3.05, 3.63) is 114 Å². The molecule has 2 saturated heterocycles. The molecule has 3 aromatic carbocycles. The summed E-state index contributed by atoms with van der Waals surface area (Å²) in [7, 11) is 0. The average molecular weight is 575 g/mol. The van der Waals surface area contributed by atoms with Gasteiger partial charge in [0.2, 0.25) is 5.91 Å². The summed E-state index contributed by atoms with van der Waals surface area (Å²) in [5, 5.41) is 0. The van der Waals surface area contributed by atoms with Crippen LogP contribution in [0.4, 0.5) is 0 Å². The Bertz CT molecular complexity index is 1440. The Morgan fingerprint density at radius 2 is 1.21 bits per heavy atom. The van der Waals surface area contributed by atoms with Crippen LogP contribution in [0.3, 0.4) is 0 Å². The molecule has 6 rings (SSSR count). The maximum Gasteiger partial charge on any atom is 0.254 e. The first-order valence-electron chi connectivity index (χ1n) is 15.2. The number of likely N-dealkylation sites (tertiary alicyclic amines) is 1. The van der Waals surface area contributed by atoms with Gasteiger partial charge in [0.25, 0.3) is 5.91 Å². The molecule has 43 heavy (non-hydrogen) atoms. The lowest BCUT2D eigenvalue weighted by atomic mass is 10.0. The molecule has 0 unspecified atom stereocenters. The van der Waals surface area contributed by atoms with Gasteiger partial charge >= 0.3 is 0 Å². The van der Waals surface area contributed by atoms with Gasteiger partial charge in [0.1, 0.15) is 6.61 Å². The molecule has 2 aliphatic heterocycles. The molecule has 0 atom stereocenters. The number of ether oxygens (including phenoxy) is 1. The minimum absolute atomic E-state index is 0.0485. The zero-order chi connectivity index (χ0) is 29.4. The maximum atomic E-state index is 13.8. The van der Waals surface area contributed by atoms with Crippen LogP contribution in [0, 0.1) is 0 Å². The van der Waals surface area contributed by atoms with Crippen molar-refractivity contribution in [2.45, 2.75) is 25.5 Å². The smallest absolute Gasteiger partial charge is 0.254 e. The molecule has 0 bridgehead atoms. The summed E-state index contributed by atoms with van der Waals surface area (Å²) in [6.07, 6.45) is 1.90. The van der Waals surface area contributed by atoms with Crippen molar-refractivity contribution in [1.82, 2.24) is 19.7 Å². The number of rotatable bonds is 8. The van der Waals surface area contributed by atoms with E-state index >= 15 is 0 Å². The Balaban J connectivity index is 1.03. The molecule has 0 aliphatic carbocycles. The van der Waals surface area contributed by atoms with Crippen molar-refractivity contribution in [1.29, 1.82) is 0 Å². The summed E-state index contributed by atoms with van der Waals surface area (Å²) >= 11 is 0. The maximum absolute atomic E-state index is 13.8. The van der Waals surface area contributed by atoms with Crippen LogP contribution in [0.5, 0.6) is 0 Å². The molecule has 220 valence electrons. The second-order valence-electron chi connectivity index (χ2n) is 11.3. The van der Waals surface area contributed by atoms with Crippen molar-refractivity contribution < 1.29 is 14.3 Å². The van der Waals surface area contributed by atoms with Crippen LogP contribution in [0.1, 0.15) is 28.8 Å². The van der Waals surface area contributed by atoms with E-state index in [4.69, 9.17) is 9.72 Å². The van der Waals surface area contributed by atoms with Crippen LogP contribution in [0.15, 0.2) is 103 Å². The number of piperazine rings is 1. The Labute approximate surface area is 253 Å². The fourth-order valence-corrected chi connectivity index (χ4v) is 6.04. The molecule has 2 fully saturated rings. The number of benzene rings is 3. The first kappa shape index (κ1) is 28.8. The number of amides is 2. The summed E-state index contributed by atoms with van der Waals surface area (Å²) in [5.41, 5.74) is 5.33. The lowest BCUT2D eigenvalue weighted by Gasteiger charge is -2.42. The topological polar surface area (TPSA) is 66.0 Å². The molecule has 0 saturated carbocycles. The number of hydrogen-bond acceptors (Lipinski definition) is 5. The quantitative estimate of drug-likeness (QED) is 0.283. The molecule has 3 heterocycles. The third-order valence-electron chi connectivity index (χ3n) is 8.48. The SMILES string of the molecule is O=C(COCc1ccccc1)N1CCC(N2CCN(C(=O)c3cc(-c4ccccc4)nc(-c4ccccc4)c3)CC2)CC1. The minimum atomic E-state index is 0.0485. The lowest BCUT2D eigenvalue weighted by Crippen LogP contribution is -2.55. The average Bonchev–Trinajstić information content (AvgIpc) is 3.09. The summed E-state index contributed by atoms with van der Waals surface area (Å²) in [4.78, 5) is 37.8. The molecule has 0 radical (unpaired) electrons. The van der Waals surface area contributed by atoms with Gasteiger partial charge < -0.3 is 14.5 Å². The van der Waals surface area contributed by atoms with Crippen molar-refractivity contribution in [3.63, 3.8) is 0 Å². The first-order chi connectivity index (χ1) is 21.1. The number of nitrogens with zero attached hydrogens (tertiary/aromatic N) is 4. The van der Waals surface area contributed by atoms with Gasteiger partial charge in [-0.3, -0.25) is 14.5 Å². The molecular weight excluding hydrogens is 536 g/mol. The highest BCUT2D eigenvalue weighted by Crippen LogP contribution is 2.26. The van der Waals surface area contributed by atoms with E-state index in [0.717, 1.165) is 67.1 Å². The standard InChI is InChI=1S/C36H38N4O3/c41-35(27-43-26-28-10-4-1-5-11-28)39-18-16-32(17-19-39)38-20-22-40(23-21-38)36(42)31-24-33(29-12-6-2-7-13-29)37-34(25-31)30-14-8-3-9-15-30/h1-15,24-25,32H,16-23,26-27H2. The number of aromatic nitrogens is 1. The Hall–Kier alpha value is -4.33. The Morgan fingerprint density at radius 3 is 1.77 bits per heavy atom. The van der Waals surface area contributed by atoms with Crippen LogP contribution in [0.25, 0.3) is 22.5 Å². The molecule has 0 N–H and O–H groups in total. The second kappa shape index (κ2) is 13.8. The van der Waals surface area contributed by atoms with Gasteiger partial charge in [-0.05, 0) is 30.5 Å². The third kappa shape index (κ3) is 7.19. The molecule has 2 aliphatic rings. The second-order valence-corrected chi connectivity index (χ2v) is 11.3. The van der Waals surface area contributed by atoms with E-state index in [-0.39, 0.29) is 18.4 Å². The third-order valence-corrected chi connectivity index (χ3v) is 8.48. The highest BCUT2D eigenvalue weighted by atomic mass is 16.5. The van der Waals surface area contributed by atoms with E-state index in [2.05, 4.69) is 4.90 Å². The van der Waals surface area contributed by atoms with Gasteiger partial charge in [0.05, 0.1) is 18.0 Å². The minimum Gasteiger partial charge on any atom is -0.367 e. The lowest BCUT2D eigenvalue weighted by molar-refractivity contribution is -0.138. The largest absolute Gasteiger partial charge is 0.367 e. The number of carbonyl (C=O) groups is 2. The fraction of sp³-hybridized carbons (Fsp3) is 0.306. The van der Waals surface area contributed by atoms with Gasteiger partial charge in [0.15, 0.2) is 0 Å². The van der Waals surface area contributed by atoms with E-state index in [1.807, 2.05) is 113 Å². The van der Waals surface area contributed by atoms with E-state index in [1.165, 1.54) is 0 Å². The summed E-state index contributed by atoms with van der Waals surface area (Å²) in [5.74, 6) is 0.110. The molecule has 0 spiro atoms. The van der Waals surface area contributed by atoms with Crippen LogP contribution in [0.2, 0.25) is 0 Å². The number of hydrogen-bond donors (Lipinski definition) is 0. The van der Waals surface area contributed by atoms with Crippen molar-refractivity contribution >= 4 is 11.8 Å². The highest BCUT2D eigenvalue weighted by molar-refractivity contribution is 5.96. The summed E-state index contributed by atoms with van der Waals surface area (Å²) in [6, 6.07) is 34.3. The van der Waals surface area contributed by atoms with Crippen molar-refractivity contribution in [2.24, 2.45) is 0 Å². The van der Waals surface area contributed by atoms with Crippen molar-refractivity contribution in [2.75, 3.05) is 45.9 Å². The molecule has 4 aromatic rings. The fourth-order valence-electron chi connectivity index (χ4n) is 6.04. The monoisotopic (exact) mass is 574 g/mol. The molecule has 7 nitrogen and oxygen atoms in total. The zero-order valence-electron chi connectivity index (χ0n) is 24.5. The number of pyridine rings is 1. The number of carbonyl (C=O) groups excluding carboxylic acids is 2. The number of piperidine rings is 1. The van der Waals surface area contributed by atoms with Crippen LogP contribution in [-0.4, -0.2) is 83.4 Å². The molecule has 7 heteroatoms. The van der Waals surface area contributed by atoms with Gasteiger partial charge in [0, 0.05) is 62.0 Å². The van der Waals surface area contributed by atoms with Crippen LogP contribution < -0.4 is 0 Å². The predicted octanol–water partition coefficient (Wildman–Crippen LogP) is 5.38. The Kier molecular flexibility index (Phi) is 9.21. The molecule has 2 amide bonds. The predicted molar refractivity (Wildman–Crippen MR) is 168 cm³/mol. The summed E-state index contributed by atoms with van der Waals surface area (Å²) in [6.45, 7) is 5.13. The normalized spacial score (nSPS) is 16.3. The highest BCUT2D eigenvalue weighted by Gasteiger charge is 2.30. The van der Waals surface area contributed by atoms with E-state index < -0.39 is 0 Å². The van der Waals surface area contributed by atoms with Gasteiger partial charge in [-0.15, -0.1) is 0 Å². The van der Waals surface area contributed by atoms with Crippen molar-refractivity contribution in [3.8, 4) is 22.5 Å². The van der Waals surface area contributed by atoms with Crippen LogP contribution >= 0.6 is 0 Å². The molecule has 1 aromatic heterocycles. The van der Waals surface area contributed by atoms with E-state index in [0.29, 0.717) is 31.3 Å². The Morgan fingerprint density at radius 1 is 0.674 bits per heavy atom.